The van der Waals surface area contributed by atoms with Crippen molar-refractivity contribution in [1.82, 2.24) is 20.5 Å². The van der Waals surface area contributed by atoms with Crippen LogP contribution in [-0.2, 0) is 9.59 Å². The molecule has 0 radical (unpaired) electrons. The zero-order chi connectivity index (χ0) is 22.4. The zero-order valence-electron chi connectivity index (χ0n) is 17.2. The fourth-order valence-corrected chi connectivity index (χ4v) is 4.56. The van der Waals surface area contributed by atoms with Gasteiger partial charge in [0.2, 0.25) is 17.6 Å². The minimum Gasteiger partial charge on any atom is -0.391 e. The van der Waals surface area contributed by atoms with E-state index in [4.69, 9.17) is 5.84 Å². The summed E-state index contributed by atoms with van der Waals surface area (Å²) in [5, 5.41) is 19.3. The van der Waals surface area contributed by atoms with Crippen molar-refractivity contribution in [2.24, 2.45) is 10.9 Å². The van der Waals surface area contributed by atoms with Crippen LogP contribution < -0.4 is 16.5 Å². The van der Waals surface area contributed by atoms with Gasteiger partial charge in [0.05, 0.1) is 22.4 Å². The Morgan fingerprint density at radius 3 is 2.90 bits per heavy atom. The number of amides is 2. The fourth-order valence-electron chi connectivity index (χ4n) is 3.60. The first-order valence-corrected chi connectivity index (χ1v) is 10.8. The van der Waals surface area contributed by atoms with Gasteiger partial charge in [-0.25, -0.2) is 4.98 Å². The lowest BCUT2D eigenvalue weighted by molar-refractivity contribution is -0.137. The highest BCUT2D eigenvalue weighted by Crippen LogP contribution is 2.24. The monoisotopic (exact) mass is 446 g/mol. The van der Waals surface area contributed by atoms with Gasteiger partial charge in [0, 0.05) is 26.4 Å². The number of aromatic nitrogens is 1. The number of carbonyl (C=O) groups excluding carboxylic acids is 3. The molecule has 1 fully saturated rings. The van der Waals surface area contributed by atoms with Crippen LogP contribution in [0.3, 0.4) is 0 Å². The van der Waals surface area contributed by atoms with Crippen LogP contribution in [0.2, 0.25) is 0 Å². The van der Waals surface area contributed by atoms with Crippen molar-refractivity contribution in [2.45, 2.75) is 44.4 Å². The normalized spacial score (nSPS) is 19.6. The molecule has 3 atom stereocenters. The van der Waals surface area contributed by atoms with Gasteiger partial charge in [-0.1, -0.05) is 12.1 Å². The van der Waals surface area contributed by atoms with E-state index in [1.165, 1.54) is 29.5 Å². The number of thiazole rings is 1. The molecule has 0 bridgehead atoms. The maximum atomic E-state index is 13.2. The third-order valence-corrected chi connectivity index (χ3v) is 6.15. The van der Waals surface area contributed by atoms with Crippen molar-refractivity contribution >= 4 is 45.5 Å². The molecule has 0 aliphatic carbocycles. The molecule has 10 nitrogen and oxygen atoms in total. The van der Waals surface area contributed by atoms with Gasteiger partial charge in [0.15, 0.2) is 5.01 Å². The van der Waals surface area contributed by atoms with Crippen molar-refractivity contribution < 1.29 is 19.5 Å². The van der Waals surface area contributed by atoms with E-state index in [0.717, 1.165) is 10.2 Å². The molecule has 0 spiro atoms. The van der Waals surface area contributed by atoms with Gasteiger partial charge in [0.25, 0.3) is 0 Å². The van der Waals surface area contributed by atoms with Crippen LogP contribution in [-0.4, -0.2) is 70.2 Å². The summed E-state index contributed by atoms with van der Waals surface area (Å²) in [6, 6.07) is 5.83. The van der Waals surface area contributed by atoms with Gasteiger partial charge in [-0.15, -0.1) is 11.3 Å². The standard InChI is InChI=1S/C20H26N6O4S/c1-12(27)26-10-13(28)9-16(26)19(30)24-15(6-4-8-22-11-23-21)18(29)20-25-14-5-2-3-7-17(14)31-20/h2-3,5,7,11,13,15-16,28H,4,6,8-10,21H2,1H3,(H,22,23)(H,24,30)/t13-,15?,16+/m1/s1. The number of hydrazone groups is 1. The highest BCUT2D eigenvalue weighted by atomic mass is 32.1. The van der Waals surface area contributed by atoms with Crippen LogP contribution in [0.25, 0.3) is 10.2 Å². The Morgan fingerprint density at radius 1 is 1.42 bits per heavy atom. The largest absolute Gasteiger partial charge is 0.391 e. The van der Waals surface area contributed by atoms with Crippen LogP contribution in [0, 0.1) is 0 Å². The van der Waals surface area contributed by atoms with E-state index >= 15 is 0 Å². The molecule has 5 N–H and O–H groups in total. The molecular formula is C20H26N6O4S. The summed E-state index contributed by atoms with van der Waals surface area (Å²) in [6.07, 6.45) is 1.66. The molecule has 11 heteroatoms. The molecule has 2 heterocycles. The summed E-state index contributed by atoms with van der Waals surface area (Å²) in [6.45, 7) is 1.97. The summed E-state index contributed by atoms with van der Waals surface area (Å²) < 4.78 is 0.887. The molecule has 1 aliphatic heterocycles. The number of aliphatic hydroxyl groups is 1. The van der Waals surface area contributed by atoms with E-state index in [0.29, 0.717) is 24.4 Å². The number of Topliss-reactive ketones (excluding diaryl/α,β-unsaturated/α-hetero) is 1. The molecule has 1 aliphatic rings. The third-order valence-electron chi connectivity index (χ3n) is 5.10. The Bertz CT molecular complexity index is 944. The average molecular weight is 447 g/mol. The number of hydrogen-bond acceptors (Lipinski definition) is 8. The lowest BCUT2D eigenvalue weighted by Crippen LogP contribution is -2.50. The summed E-state index contributed by atoms with van der Waals surface area (Å²) in [4.78, 5) is 43.7. The van der Waals surface area contributed by atoms with Crippen LogP contribution in [0.4, 0.5) is 0 Å². The number of likely N-dealkylation sites (tertiary alicyclic amines) is 1. The van der Waals surface area contributed by atoms with E-state index in [1.54, 1.807) is 0 Å². The van der Waals surface area contributed by atoms with E-state index in [9.17, 15) is 19.5 Å². The lowest BCUT2D eigenvalue weighted by atomic mass is 10.1. The predicted molar refractivity (Wildman–Crippen MR) is 118 cm³/mol. The molecule has 1 aromatic carbocycles. The summed E-state index contributed by atoms with van der Waals surface area (Å²) in [7, 11) is 0. The van der Waals surface area contributed by atoms with Crippen LogP contribution in [0.1, 0.15) is 36.0 Å². The second kappa shape index (κ2) is 10.3. The minimum absolute atomic E-state index is 0.103. The molecular weight excluding hydrogens is 420 g/mol. The molecule has 3 rings (SSSR count). The summed E-state index contributed by atoms with van der Waals surface area (Å²) in [5.41, 5.74) is 0.725. The van der Waals surface area contributed by atoms with Crippen molar-refractivity contribution in [3.05, 3.63) is 29.3 Å². The number of carbonyl (C=O) groups is 3. The highest BCUT2D eigenvalue weighted by molar-refractivity contribution is 7.20. The number of nitrogens with two attached hydrogens (primary N) is 1. The number of β-amino-alcohol motifs (C(OH)–C–C–N with tert-alkyl or cyclic N) is 1. The van der Waals surface area contributed by atoms with Gasteiger partial charge < -0.3 is 26.5 Å². The van der Waals surface area contributed by atoms with E-state index in [2.05, 4.69) is 20.7 Å². The highest BCUT2D eigenvalue weighted by Gasteiger charge is 2.39. The van der Waals surface area contributed by atoms with Crippen molar-refractivity contribution in [1.29, 1.82) is 0 Å². The van der Waals surface area contributed by atoms with Crippen LogP contribution in [0.15, 0.2) is 29.4 Å². The van der Waals surface area contributed by atoms with Crippen molar-refractivity contribution in [2.75, 3.05) is 13.1 Å². The average Bonchev–Trinajstić information content (AvgIpc) is 3.35. The second-order valence-corrected chi connectivity index (χ2v) is 8.39. The fraction of sp³-hybridized carbons (Fsp3) is 0.450. The first kappa shape index (κ1) is 22.6. The number of nitrogens with zero attached hydrogens (tertiary/aromatic N) is 3. The number of fused-ring (bicyclic) bond motifs is 1. The van der Waals surface area contributed by atoms with Gasteiger partial charge in [-0.3, -0.25) is 14.4 Å². The number of rotatable bonds is 9. The van der Waals surface area contributed by atoms with E-state index < -0.39 is 24.1 Å². The second-order valence-electron chi connectivity index (χ2n) is 7.36. The SMILES string of the molecule is CC(=O)N1C[C@H](O)C[C@H]1C(=O)NC(CCCNC=NN)C(=O)c1nc2ccccc2s1. The Morgan fingerprint density at radius 2 is 2.19 bits per heavy atom. The number of para-hydroxylation sites is 1. The number of ketones is 1. The minimum atomic E-state index is -0.809. The number of nitrogens with one attached hydrogen (secondary N) is 2. The maximum Gasteiger partial charge on any atom is 0.243 e. The molecule has 1 unspecified atom stereocenters. The Kier molecular flexibility index (Phi) is 7.53. The van der Waals surface area contributed by atoms with Crippen molar-refractivity contribution in [3.63, 3.8) is 0 Å². The first-order chi connectivity index (χ1) is 14.9. The van der Waals surface area contributed by atoms with Crippen LogP contribution in [0.5, 0.6) is 0 Å². The summed E-state index contributed by atoms with van der Waals surface area (Å²) in [5.74, 6) is 4.02. The molecule has 1 saturated heterocycles. The molecule has 166 valence electrons. The van der Waals surface area contributed by atoms with Crippen molar-refractivity contribution in [3.8, 4) is 0 Å². The molecule has 1 aromatic heterocycles. The zero-order valence-corrected chi connectivity index (χ0v) is 18.0. The van der Waals surface area contributed by atoms with Gasteiger partial charge >= 0.3 is 0 Å². The number of benzene rings is 1. The molecule has 2 amide bonds. The Labute approximate surface area is 183 Å². The van der Waals surface area contributed by atoms with Gasteiger partial charge in [-0.05, 0) is 25.0 Å². The van der Waals surface area contributed by atoms with E-state index in [1.807, 2.05) is 24.3 Å². The smallest absolute Gasteiger partial charge is 0.243 e. The molecule has 2 aromatic rings. The van der Waals surface area contributed by atoms with Crippen LogP contribution >= 0.6 is 11.3 Å². The summed E-state index contributed by atoms with van der Waals surface area (Å²) >= 11 is 1.28. The van der Waals surface area contributed by atoms with E-state index in [-0.39, 0.29) is 24.7 Å². The first-order valence-electron chi connectivity index (χ1n) is 10.0. The van der Waals surface area contributed by atoms with Gasteiger partial charge in [-0.2, -0.15) is 5.10 Å². The number of hydrogen-bond donors (Lipinski definition) is 4. The lowest BCUT2D eigenvalue weighted by Gasteiger charge is -2.24. The Balaban J connectivity index is 1.75. The predicted octanol–water partition coefficient (Wildman–Crippen LogP) is 0.217. The van der Waals surface area contributed by atoms with Gasteiger partial charge in [0.1, 0.15) is 12.4 Å². The molecule has 0 saturated carbocycles. The molecule has 31 heavy (non-hydrogen) atoms. The Hall–Kier alpha value is -3.05. The maximum absolute atomic E-state index is 13.2. The number of aliphatic hydroxyl groups excluding tert-OH is 1. The quantitative estimate of drug-likeness (QED) is 0.107. The topological polar surface area (TPSA) is 150 Å². The third kappa shape index (κ3) is 5.56.